The standard InChI is InChI=1S/C16H17F2N3O/c1-2-3-7-15(22)20-11-8-9-14(19-10-11)21-16-12(17)5-4-6-13(16)18/h4-6,8-10H,2-3,7H2,1H3,(H,19,21)(H,20,22). The number of nitrogens with zero attached hydrogens (tertiary/aromatic N) is 1. The van der Waals surface area contributed by atoms with Gasteiger partial charge in [-0.2, -0.15) is 0 Å². The van der Waals surface area contributed by atoms with Gasteiger partial charge in [0.15, 0.2) is 0 Å². The van der Waals surface area contributed by atoms with Crippen LogP contribution in [0.15, 0.2) is 36.5 Å². The fourth-order valence-corrected chi connectivity index (χ4v) is 1.85. The molecule has 2 rings (SSSR count). The summed E-state index contributed by atoms with van der Waals surface area (Å²) in [4.78, 5) is 15.6. The predicted octanol–water partition coefficient (Wildman–Crippen LogP) is 4.23. The van der Waals surface area contributed by atoms with Gasteiger partial charge in [0.1, 0.15) is 23.1 Å². The molecule has 0 saturated carbocycles. The second kappa shape index (κ2) is 7.49. The van der Waals surface area contributed by atoms with E-state index in [9.17, 15) is 13.6 Å². The molecule has 0 bridgehead atoms. The van der Waals surface area contributed by atoms with Gasteiger partial charge in [-0.05, 0) is 30.7 Å². The number of unbranched alkanes of at least 4 members (excludes halogenated alkanes) is 1. The van der Waals surface area contributed by atoms with E-state index in [0.717, 1.165) is 25.0 Å². The Morgan fingerprint density at radius 2 is 1.91 bits per heavy atom. The molecule has 6 heteroatoms. The van der Waals surface area contributed by atoms with Crippen molar-refractivity contribution in [2.45, 2.75) is 26.2 Å². The Kier molecular flexibility index (Phi) is 5.41. The molecule has 0 unspecified atom stereocenters. The normalized spacial score (nSPS) is 10.3. The molecule has 0 fully saturated rings. The molecule has 0 spiro atoms. The van der Waals surface area contributed by atoms with E-state index >= 15 is 0 Å². The summed E-state index contributed by atoms with van der Waals surface area (Å²) < 4.78 is 27.0. The maximum absolute atomic E-state index is 13.5. The number of hydrogen-bond donors (Lipinski definition) is 2. The van der Waals surface area contributed by atoms with E-state index in [0.29, 0.717) is 12.1 Å². The minimum atomic E-state index is -0.696. The maximum Gasteiger partial charge on any atom is 0.224 e. The highest BCUT2D eigenvalue weighted by Crippen LogP contribution is 2.22. The van der Waals surface area contributed by atoms with Gasteiger partial charge in [0.05, 0.1) is 11.9 Å². The number of rotatable bonds is 6. The van der Waals surface area contributed by atoms with Gasteiger partial charge in [-0.3, -0.25) is 4.79 Å². The molecule has 0 radical (unpaired) electrons. The smallest absolute Gasteiger partial charge is 0.224 e. The molecule has 0 atom stereocenters. The van der Waals surface area contributed by atoms with Crippen molar-refractivity contribution in [2.24, 2.45) is 0 Å². The first-order chi connectivity index (χ1) is 10.6. The van der Waals surface area contributed by atoms with Gasteiger partial charge < -0.3 is 10.6 Å². The summed E-state index contributed by atoms with van der Waals surface area (Å²) in [6, 6.07) is 6.78. The van der Waals surface area contributed by atoms with E-state index in [1.54, 1.807) is 12.1 Å². The van der Waals surface area contributed by atoms with E-state index < -0.39 is 11.6 Å². The van der Waals surface area contributed by atoms with Crippen LogP contribution in [-0.2, 0) is 4.79 Å². The highest BCUT2D eigenvalue weighted by atomic mass is 19.1. The molecule has 2 N–H and O–H groups in total. The highest BCUT2D eigenvalue weighted by Gasteiger charge is 2.09. The Balaban J connectivity index is 2.02. The Bertz CT molecular complexity index is 624. The lowest BCUT2D eigenvalue weighted by Gasteiger charge is -2.09. The van der Waals surface area contributed by atoms with Crippen LogP contribution in [-0.4, -0.2) is 10.9 Å². The van der Waals surface area contributed by atoms with E-state index in [4.69, 9.17) is 0 Å². The first-order valence-corrected chi connectivity index (χ1v) is 7.07. The number of para-hydroxylation sites is 1. The molecule has 1 aromatic carbocycles. The van der Waals surface area contributed by atoms with Crippen LogP contribution in [0.2, 0.25) is 0 Å². The first-order valence-electron chi connectivity index (χ1n) is 7.07. The lowest BCUT2D eigenvalue weighted by molar-refractivity contribution is -0.116. The van der Waals surface area contributed by atoms with Crippen LogP contribution in [0.1, 0.15) is 26.2 Å². The number of aromatic nitrogens is 1. The topological polar surface area (TPSA) is 54.0 Å². The summed E-state index contributed by atoms with van der Waals surface area (Å²) in [7, 11) is 0. The third kappa shape index (κ3) is 4.25. The Labute approximate surface area is 127 Å². The van der Waals surface area contributed by atoms with Gasteiger partial charge in [0.25, 0.3) is 0 Å². The van der Waals surface area contributed by atoms with Crippen molar-refractivity contribution in [3.05, 3.63) is 48.2 Å². The van der Waals surface area contributed by atoms with Crippen molar-refractivity contribution in [1.29, 1.82) is 0 Å². The molecule has 1 aromatic heterocycles. The van der Waals surface area contributed by atoms with Gasteiger partial charge in [-0.25, -0.2) is 13.8 Å². The number of pyridine rings is 1. The van der Waals surface area contributed by atoms with Crippen LogP contribution < -0.4 is 10.6 Å². The van der Waals surface area contributed by atoms with Crippen molar-refractivity contribution in [1.82, 2.24) is 4.98 Å². The molecule has 0 aliphatic heterocycles. The van der Waals surface area contributed by atoms with E-state index in [1.165, 1.54) is 12.3 Å². The molecular formula is C16H17F2N3O. The third-order valence-electron chi connectivity index (χ3n) is 3.02. The van der Waals surface area contributed by atoms with Gasteiger partial charge >= 0.3 is 0 Å². The lowest BCUT2D eigenvalue weighted by Crippen LogP contribution is -2.11. The molecule has 0 aliphatic rings. The molecule has 0 aliphatic carbocycles. The minimum absolute atomic E-state index is 0.0792. The molecule has 1 amide bonds. The van der Waals surface area contributed by atoms with Gasteiger partial charge in [-0.1, -0.05) is 19.4 Å². The van der Waals surface area contributed by atoms with Crippen LogP contribution in [0, 0.1) is 11.6 Å². The van der Waals surface area contributed by atoms with Crippen LogP contribution in [0.5, 0.6) is 0 Å². The van der Waals surface area contributed by atoms with Crippen molar-refractivity contribution in [2.75, 3.05) is 10.6 Å². The molecule has 22 heavy (non-hydrogen) atoms. The van der Waals surface area contributed by atoms with Crippen LogP contribution in [0.3, 0.4) is 0 Å². The summed E-state index contributed by atoms with van der Waals surface area (Å²) in [5, 5.41) is 5.29. The Morgan fingerprint density at radius 1 is 1.18 bits per heavy atom. The first kappa shape index (κ1) is 15.9. The molecule has 4 nitrogen and oxygen atoms in total. The Hall–Kier alpha value is -2.50. The van der Waals surface area contributed by atoms with E-state index in [-0.39, 0.29) is 17.4 Å². The van der Waals surface area contributed by atoms with Crippen LogP contribution in [0.4, 0.5) is 26.0 Å². The summed E-state index contributed by atoms with van der Waals surface area (Å²) in [6.45, 7) is 2.01. The fraction of sp³-hybridized carbons (Fsp3) is 0.250. The van der Waals surface area contributed by atoms with Crippen molar-refractivity contribution in [3.63, 3.8) is 0 Å². The summed E-state index contributed by atoms with van der Waals surface area (Å²) in [6.07, 6.45) is 3.66. The minimum Gasteiger partial charge on any atom is -0.335 e. The number of carbonyl (C=O) groups excluding carboxylic acids is 1. The van der Waals surface area contributed by atoms with E-state index in [1.807, 2.05) is 6.92 Å². The van der Waals surface area contributed by atoms with Crippen LogP contribution >= 0.6 is 0 Å². The number of anilines is 3. The summed E-state index contributed by atoms with van der Waals surface area (Å²) in [5.74, 6) is -1.18. The van der Waals surface area contributed by atoms with Gasteiger partial charge in [0, 0.05) is 6.42 Å². The quantitative estimate of drug-likeness (QED) is 0.839. The summed E-state index contributed by atoms with van der Waals surface area (Å²) >= 11 is 0. The second-order valence-corrected chi connectivity index (χ2v) is 4.81. The number of hydrogen-bond acceptors (Lipinski definition) is 3. The average Bonchev–Trinajstić information content (AvgIpc) is 2.51. The predicted molar refractivity (Wildman–Crippen MR) is 82.0 cm³/mol. The number of carbonyl (C=O) groups is 1. The van der Waals surface area contributed by atoms with E-state index in [2.05, 4.69) is 15.6 Å². The molecule has 1 heterocycles. The van der Waals surface area contributed by atoms with Gasteiger partial charge in [-0.15, -0.1) is 0 Å². The fourth-order valence-electron chi connectivity index (χ4n) is 1.85. The highest BCUT2D eigenvalue weighted by molar-refractivity contribution is 5.90. The number of nitrogens with one attached hydrogen (secondary N) is 2. The van der Waals surface area contributed by atoms with Crippen molar-refractivity contribution < 1.29 is 13.6 Å². The zero-order chi connectivity index (χ0) is 15.9. The zero-order valence-electron chi connectivity index (χ0n) is 12.2. The molecular weight excluding hydrogens is 288 g/mol. The summed E-state index contributed by atoms with van der Waals surface area (Å²) in [5.41, 5.74) is 0.287. The number of halogens is 2. The van der Waals surface area contributed by atoms with Gasteiger partial charge in [0.2, 0.25) is 5.91 Å². The monoisotopic (exact) mass is 305 g/mol. The lowest BCUT2D eigenvalue weighted by atomic mass is 10.2. The number of amides is 1. The van der Waals surface area contributed by atoms with Crippen molar-refractivity contribution in [3.8, 4) is 0 Å². The Morgan fingerprint density at radius 3 is 2.50 bits per heavy atom. The third-order valence-corrected chi connectivity index (χ3v) is 3.02. The van der Waals surface area contributed by atoms with Crippen LogP contribution in [0.25, 0.3) is 0 Å². The molecule has 0 saturated heterocycles. The largest absolute Gasteiger partial charge is 0.335 e. The molecule has 2 aromatic rings. The van der Waals surface area contributed by atoms with Crippen molar-refractivity contribution >= 4 is 23.1 Å². The second-order valence-electron chi connectivity index (χ2n) is 4.81. The number of benzene rings is 1. The average molecular weight is 305 g/mol. The SMILES string of the molecule is CCCCC(=O)Nc1ccc(Nc2c(F)cccc2F)nc1. The maximum atomic E-state index is 13.5. The molecule has 116 valence electrons. The zero-order valence-corrected chi connectivity index (χ0v) is 12.2.